The zero-order chi connectivity index (χ0) is 19.5. The van der Waals surface area contributed by atoms with Crippen molar-refractivity contribution >= 4 is 11.9 Å². The predicted molar refractivity (Wildman–Crippen MR) is 85.2 cm³/mol. The van der Waals surface area contributed by atoms with Gasteiger partial charge in [0, 0.05) is 19.1 Å². The molecule has 0 spiro atoms. The summed E-state index contributed by atoms with van der Waals surface area (Å²) in [7, 11) is 1.67. The third-order valence-electron chi connectivity index (χ3n) is 4.52. The number of carboxylic acid groups (broad SMARTS) is 1. The lowest BCUT2D eigenvalue weighted by atomic mass is 10.1. The van der Waals surface area contributed by atoms with E-state index in [1.165, 1.54) is 4.90 Å². The Hall–Kier alpha value is -2.16. The van der Waals surface area contributed by atoms with Gasteiger partial charge in [0.25, 0.3) is 5.91 Å². The van der Waals surface area contributed by atoms with Gasteiger partial charge in [0.2, 0.25) is 0 Å². The molecular formula is C17H20F4N2O3. The van der Waals surface area contributed by atoms with Crippen LogP contribution in [-0.4, -0.2) is 59.5 Å². The summed E-state index contributed by atoms with van der Waals surface area (Å²) in [6, 6.07) is 1.73. The molecule has 1 heterocycles. The van der Waals surface area contributed by atoms with Crippen LogP contribution in [-0.2, 0) is 11.0 Å². The van der Waals surface area contributed by atoms with Gasteiger partial charge in [-0.25, -0.2) is 4.39 Å². The number of nitrogens with zero attached hydrogens (tertiary/aromatic N) is 2. The van der Waals surface area contributed by atoms with Crippen molar-refractivity contribution in [3.63, 3.8) is 0 Å². The summed E-state index contributed by atoms with van der Waals surface area (Å²) in [6.07, 6.45) is -2.98. The van der Waals surface area contributed by atoms with Crippen molar-refractivity contribution in [2.24, 2.45) is 0 Å². The van der Waals surface area contributed by atoms with Crippen molar-refractivity contribution in [2.45, 2.75) is 31.5 Å². The number of rotatable bonds is 4. The smallest absolute Gasteiger partial charge is 0.416 e. The van der Waals surface area contributed by atoms with Gasteiger partial charge >= 0.3 is 12.1 Å². The predicted octanol–water partition coefficient (Wildman–Crippen LogP) is 2.86. The molecule has 1 aromatic carbocycles. The first-order valence-electron chi connectivity index (χ1n) is 8.17. The lowest BCUT2D eigenvalue weighted by Gasteiger charge is -2.25. The van der Waals surface area contributed by atoms with Crippen LogP contribution in [0.5, 0.6) is 0 Å². The number of aliphatic carboxylic acids is 1. The van der Waals surface area contributed by atoms with Crippen LogP contribution in [0.15, 0.2) is 18.2 Å². The van der Waals surface area contributed by atoms with Crippen molar-refractivity contribution in [1.82, 2.24) is 9.80 Å². The van der Waals surface area contributed by atoms with Gasteiger partial charge in [0.15, 0.2) is 0 Å². The minimum Gasteiger partial charge on any atom is -0.480 e. The Morgan fingerprint density at radius 2 is 1.96 bits per heavy atom. The van der Waals surface area contributed by atoms with Crippen LogP contribution in [0.2, 0.25) is 0 Å². The highest BCUT2D eigenvalue weighted by molar-refractivity contribution is 5.94. The van der Waals surface area contributed by atoms with Gasteiger partial charge in [-0.1, -0.05) is 0 Å². The van der Waals surface area contributed by atoms with E-state index >= 15 is 0 Å². The highest BCUT2D eigenvalue weighted by atomic mass is 19.4. The second-order valence-electron chi connectivity index (χ2n) is 6.38. The number of amides is 1. The van der Waals surface area contributed by atoms with Gasteiger partial charge in [0.1, 0.15) is 5.82 Å². The van der Waals surface area contributed by atoms with Gasteiger partial charge < -0.3 is 10.0 Å². The van der Waals surface area contributed by atoms with Crippen LogP contribution in [0.4, 0.5) is 17.6 Å². The van der Waals surface area contributed by atoms with Gasteiger partial charge in [-0.05, 0) is 44.5 Å². The maximum Gasteiger partial charge on any atom is 0.416 e. The maximum absolute atomic E-state index is 13.9. The number of carbonyl (C=O) groups excluding carboxylic acids is 1. The SMILES string of the molecule is CN(CC(=O)O)C1CCCN(C(=O)c2cc(C(F)(F)F)ccc2F)CC1. The van der Waals surface area contributed by atoms with Crippen molar-refractivity contribution in [1.29, 1.82) is 0 Å². The minimum atomic E-state index is -4.66. The highest BCUT2D eigenvalue weighted by Crippen LogP contribution is 2.31. The van der Waals surface area contributed by atoms with E-state index in [9.17, 15) is 27.2 Å². The molecule has 0 aromatic heterocycles. The molecule has 0 radical (unpaired) electrons. The quantitative estimate of drug-likeness (QED) is 0.821. The van der Waals surface area contributed by atoms with Gasteiger partial charge in [-0.2, -0.15) is 13.2 Å². The minimum absolute atomic E-state index is 0.0599. The van der Waals surface area contributed by atoms with Crippen molar-refractivity contribution in [3.8, 4) is 0 Å². The fourth-order valence-electron chi connectivity index (χ4n) is 3.10. The third-order valence-corrected chi connectivity index (χ3v) is 4.52. The molecule has 1 aliphatic heterocycles. The van der Waals surface area contributed by atoms with Crippen LogP contribution < -0.4 is 0 Å². The molecule has 0 saturated carbocycles. The second-order valence-corrected chi connectivity index (χ2v) is 6.38. The number of halogens is 4. The maximum atomic E-state index is 13.9. The number of carboxylic acids is 1. The average Bonchev–Trinajstić information content (AvgIpc) is 2.79. The average molecular weight is 376 g/mol. The molecule has 1 atom stereocenters. The van der Waals surface area contributed by atoms with Gasteiger partial charge in [-0.15, -0.1) is 0 Å². The zero-order valence-corrected chi connectivity index (χ0v) is 14.2. The summed E-state index contributed by atoms with van der Waals surface area (Å²) < 4.78 is 52.4. The van der Waals surface area contributed by atoms with Crippen LogP contribution in [0.25, 0.3) is 0 Å². The Morgan fingerprint density at radius 1 is 1.27 bits per heavy atom. The monoisotopic (exact) mass is 376 g/mol. The summed E-state index contributed by atoms with van der Waals surface area (Å²) in [5, 5.41) is 8.86. The van der Waals surface area contributed by atoms with E-state index in [2.05, 4.69) is 0 Å². The Balaban J connectivity index is 2.12. The number of likely N-dealkylation sites (N-methyl/N-ethyl adjacent to an activating group) is 1. The molecule has 1 unspecified atom stereocenters. The fraction of sp³-hybridized carbons (Fsp3) is 0.529. The molecule has 9 heteroatoms. The number of alkyl halides is 3. The van der Waals surface area contributed by atoms with E-state index in [1.807, 2.05) is 0 Å². The van der Waals surface area contributed by atoms with E-state index in [4.69, 9.17) is 5.11 Å². The molecule has 5 nitrogen and oxygen atoms in total. The third kappa shape index (κ3) is 4.94. The molecular weight excluding hydrogens is 356 g/mol. The first-order valence-corrected chi connectivity index (χ1v) is 8.17. The molecule has 0 aliphatic carbocycles. The Labute approximate surface area is 148 Å². The molecule has 1 amide bonds. The summed E-state index contributed by atoms with van der Waals surface area (Å²) in [5.41, 5.74) is -1.67. The number of hydrogen-bond acceptors (Lipinski definition) is 3. The van der Waals surface area contributed by atoms with Crippen molar-refractivity contribution in [2.75, 3.05) is 26.7 Å². The summed E-state index contributed by atoms with van der Waals surface area (Å²) in [6.45, 7) is 0.371. The van der Waals surface area contributed by atoms with Crippen LogP contribution in [0.1, 0.15) is 35.2 Å². The van der Waals surface area contributed by atoms with Gasteiger partial charge in [-0.3, -0.25) is 14.5 Å². The number of benzene rings is 1. The molecule has 1 fully saturated rings. The van der Waals surface area contributed by atoms with E-state index in [-0.39, 0.29) is 25.7 Å². The first kappa shape index (κ1) is 20.2. The largest absolute Gasteiger partial charge is 0.480 e. The van der Waals surface area contributed by atoms with Crippen LogP contribution >= 0.6 is 0 Å². The molecule has 1 saturated heterocycles. The molecule has 1 aromatic rings. The fourth-order valence-corrected chi connectivity index (χ4v) is 3.10. The number of likely N-dealkylation sites (tertiary alicyclic amines) is 1. The standard InChI is InChI=1S/C17H20F4N2O3/c1-22(10-15(24)25)12-3-2-7-23(8-6-12)16(26)13-9-11(17(19,20)21)4-5-14(13)18/h4-5,9,12H,2-3,6-8,10H2,1H3,(H,24,25). The second kappa shape index (κ2) is 8.03. The topological polar surface area (TPSA) is 60.9 Å². The van der Waals surface area contributed by atoms with Crippen LogP contribution in [0, 0.1) is 5.82 Å². The number of carbonyl (C=O) groups is 2. The Bertz CT molecular complexity index is 678. The lowest BCUT2D eigenvalue weighted by molar-refractivity contribution is -0.139. The summed E-state index contributed by atoms with van der Waals surface area (Å²) in [4.78, 5) is 26.3. The molecule has 0 bridgehead atoms. The molecule has 1 N–H and O–H groups in total. The van der Waals surface area contributed by atoms with Crippen LogP contribution in [0.3, 0.4) is 0 Å². The van der Waals surface area contributed by atoms with Crippen molar-refractivity contribution < 1.29 is 32.3 Å². The summed E-state index contributed by atoms with van der Waals surface area (Å²) in [5.74, 6) is -2.74. The van der Waals surface area contributed by atoms with E-state index < -0.39 is 35.0 Å². The van der Waals surface area contributed by atoms with Crippen molar-refractivity contribution in [3.05, 3.63) is 35.1 Å². The summed E-state index contributed by atoms with van der Waals surface area (Å²) >= 11 is 0. The highest BCUT2D eigenvalue weighted by Gasteiger charge is 2.33. The number of hydrogen-bond donors (Lipinski definition) is 1. The molecule has 1 aliphatic rings. The van der Waals surface area contributed by atoms with E-state index in [0.717, 1.165) is 0 Å². The Morgan fingerprint density at radius 3 is 2.58 bits per heavy atom. The van der Waals surface area contributed by atoms with Gasteiger partial charge in [0.05, 0.1) is 17.7 Å². The first-order chi connectivity index (χ1) is 12.1. The van der Waals surface area contributed by atoms with E-state index in [1.54, 1.807) is 11.9 Å². The molecule has 26 heavy (non-hydrogen) atoms. The normalized spacial score (nSPS) is 18.7. The lowest BCUT2D eigenvalue weighted by Crippen LogP contribution is -2.37. The molecule has 144 valence electrons. The van der Waals surface area contributed by atoms with E-state index in [0.29, 0.717) is 37.5 Å². The molecule has 2 rings (SSSR count). The Kier molecular flexibility index (Phi) is 6.22. The zero-order valence-electron chi connectivity index (χ0n) is 14.2.